The zero-order valence-electron chi connectivity index (χ0n) is 22.4. The molecule has 38 heavy (non-hydrogen) atoms. The number of amides is 3. The molecule has 4 unspecified atom stereocenters. The minimum Gasteiger partial charge on any atom is -0.453 e. The number of hydrogen-bond donors (Lipinski definition) is 4. The predicted molar refractivity (Wildman–Crippen MR) is 144 cm³/mol. The number of methoxy groups -OCH3 is 1. The third-order valence-corrected chi connectivity index (χ3v) is 7.93. The maximum Gasteiger partial charge on any atom is 0.406 e. The molecule has 3 rings (SSSR count). The van der Waals surface area contributed by atoms with Crippen molar-refractivity contribution >= 4 is 23.7 Å². The Morgan fingerprint density at radius 2 is 2.16 bits per heavy atom. The number of aliphatic hydroxyl groups is 1. The molecule has 0 spiro atoms. The molecule has 214 valence electrons. The van der Waals surface area contributed by atoms with Gasteiger partial charge in [-0.2, -0.15) is 0 Å². The van der Waals surface area contributed by atoms with Gasteiger partial charge in [0.05, 0.1) is 17.7 Å². The molecule has 0 aromatic heterocycles. The van der Waals surface area contributed by atoms with E-state index < -0.39 is 23.4 Å². The summed E-state index contributed by atoms with van der Waals surface area (Å²) in [7, 11) is 3.14. The molecule has 11 heteroatoms. The van der Waals surface area contributed by atoms with Crippen molar-refractivity contribution in [1.29, 1.82) is 0 Å². The van der Waals surface area contributed by atoms with Crippen LogP contribution >= 0.6 is 11.6 Å². The van der Waals surface area contributed by atoms with Crippen LogP contribution in [0.5, 0.6) is 0 Å². The number of nitrogens with zero attached hydrogens (tertiary/aromatic N) is 1. The van der Waals surface area contributed by atoms with Gasteiger partial charge < -0.3 is 35.4 Å². The van der Waals surface area contributed by atoms with Crippen molar-refractivity contribution in [2.75, 3.05) is 53.6 Å². The van der Waals surface area contributed by atoms with E-state index >= 15 is 4.39 Å². The van der Waals surface area contributed by atoms with E-state index in [1.54, 1.807) is 17.0 Å². The first-order valence-corrected chi connectivity index (χ1v) is 13.9. The van der Waals surface area contributed by atoms with Crippen LogP contribution < -0.4 is 16.0 Å². The Hall–Kier alpha value is -2.14. The Bertz CT molecular complexity index is 919. The number of benzene rings is 1. The fraction of sp³-hybridized carbons (Fsp3) is 0.704. The van der Waals surface area contributed by atoms with Crippen LogP contribution in [0.2, 0.25) is 5.02 Å². The molecule has 0 bridgehead atoms. The summed E-state index contributed by atoms with van der Waals surface area (Å²) in [4.78, 5) is 26.5. The summed E-state index contributed by atoms with van der Waals surface area (Å²) in [6.45, 7) is 3.24. The van der Waals surface area contributed by atoms with Crippen LogP contribution in [0.15, 0.2) is 18.2 Å². The molecule has 0 aliphatic carbocycles. The number of likely N-dealkylation sites (N-methyl/N-ethyl adjacent to an activating group) is 1. The number of rotatable bonds is 11. The van der Waals surface area contributed by atoms with Crippen molar-refractivity contribution in [1.82, 2.24) is 20.9 Å². The number of piperidine rings is 1. The molecule has 0 radical (unpaired) electrons. The van der Waals surface area contributed by atoms with Gasteiger partial charge in [0.25, 0.3) is 0 Å². The minimum absolute atomic E-state index is 0.0479. The molecule has 4 N–H and O–H groups in total. The lowest BCUT2D eigenvalue weighted by Gasteiger charge is -2.43. The average Bonchev–Trinajstić information content (AvgIpc) is 2.93. The van der Waals surface area contributed by atoms with Crippen molar-refractivity contribution in [2.24, 2.45) is 11.8 Å². The second-order valence-corrected chi connectivity index (χ2v) is 10.8. The highest BCUT2D eigenvalue weighted by molar-refractivity contribution is 6.30. The summed E-state index contributed by atoms with van der Waals surface area (Å²) in [5, 5.41) is 20.9. The second-order valence-electron chi connectivity index (χ2n) is 10.4. The van der Waals surface area contributed by atoms with Crippen LogP contribution in [0.25, 0.3) is 0 Å². The molecule has 3 amide bonds. The quantitative estimate of drug-likeness (QED) is 0.310. The summed E-state index contributed by atoms with van der Waals surface area (Å²) in [5.41, 5.74) is -1.46. The first kappa shape index (κ1) is 30.4. The lowest BCUT2D eigenvalue weighted by atomic mass is 9.74. The fourth-order valence-electron chi connectivity index (χ4n) is 5.67. The molecule has 1 aromatic carbocycles. The van der Waals surface area contributed by atoms with Gasteiger partial charge in [-0.1, -0.05) is 23.7 Å². The van der Waals surface area contributed by atoms with Gasteiger partial charge in [0.1, 0.15) is 5.82 Å². The van der Waals surface area contributed by atoms with E-state index in [1.807, 2.05) is 7.05 Å². The molecule has 9 nitrogen and oxygen atoms in total. The fourth-order valence-corrected chi connectivity index (χ4v) is 5.84. The summed E-state index contributed by atoms with van der Waals surface area (Å²) < 4.78 is 25.4. The summed E-state index contributed by atoms with van der Waals surface area (Å²) in [5.74, 6) is -0.670. The summed E-state index contributed by atoms with van der Waals surface area (Å²) in [6.07, 6.45) is 4.24. The molecule has 2 heterocycles. The van der Waals surface area contributed by atoms with Crippen molar-refractivity contribution < 1.29 is 28.6 Å². The van der Waals surface area contributed by atoms with E-state index in [-0.39, 0.29) is 42.2 Å². The van der Waals surface area contributed by atoms with Crippen LogP contribution in [0, 0.1) is 17.7 Å². The Kier molecular flexibility index (Phi) is 11.9. The van der Waals surface area contributed by atoms with Gasteiger partial charge >= 0.3 is 12.1 Å². The zero-order chi connectivity index (χ0) is 27.5. The van der Waals surface area contributed by atoms with Gasteiger partial charge in [0, 0.05) is 56.9 Å². The van der Waals surface area contributed by atoms with Gasteiger partial charge in [-0.3, -0.25) is 0 Å². The Morgan fingerprint density at radius 1 is 1.34 bits per heavy atom. The number of alkyl carbamates (subject to hydrolysis) is 1. The van der Waals surface area contributed by atoms with Gasteiger partial charge in [-0.25, -0.2) is 14.0 Å². The van der Waals surface area contributed by atoms with E-state index in [0.717, 1.165) is 25.9 Å². The van der Waals surface area contributed by atoms with Crippen molar-refractivity contribution in [2.45, 2.75) is 56.6 Å². The molecule has 1 aromatic rings. The normalized spacial score (nSPS) is 22.3. The highest BCUT2D eigenvalue weighted by atomic mass is 35.5. The smallest absolute Gasteiger partial charge is 0.406 e. The third-order valence-electron chi connectivity index (χ3n) is 7.64. The van der Waals surface area contributed by atoms with Crippen molar-refractivity contribution in [3.63, 3.8) is 0 Å². The molecule has 2 aliphatic heterocycles. The third kappa shape index (κ3) is 8.18. The van der Waals surface area contributed by atoms with Crippen LogP contribution in [0.4, 0.5) is 14.0 Å². The molecule has 4 atom stereocenters. The largest absolute Gasteiger partial charge is 0.453 e. The van der Waals surface area contributed by atoms with Crippen LogP contribution in [0.1, 0.15) is 50.5 Å². The average molecular weight is 557 g/mol. The predicted octanol–water partition coefficient (Wildman–Crippen LogP) is 3.63. The molecule has 2 saturated heterocycles. The molecule has 2 aliphatic rings. The van der Waals surface area contributed by atoms with Crippen molar-refractivity contribution in [3.8, 4) is 0 Å². The molecule has 2 fully saturated rings. The highest BCUT2D eigenvalue weighted by Crippen LogP contribution is 2.41. The Morgan fingerprint density at radius 3 is 2.87 bits per heavy atom. The summed E-state index contributed by atoms with van der Waals surface area (Å²) in [6, 6.07) is 4.37. The number of carbonyl (C=O) groups is 2. The van der Waals surface area contributed by atoms with E-state index in [4.69, 9.17) is 16.3 Å². The van der Waals surface area contributed by atoms with E-state index in [0.29, 0.717) is 44.9 Å². The standard InChI is InChI=1S/C27H42ClFN4O5/c1-30-16-21(15-19-7-5-14-38-18-19)32-25(34)33-13-4-8-20(17-33)27(36,11-6-12-31-26(35)37-2)22-9-3-10-23(28)24(22)29/h3,9-10,19-21,30,36H,4-8,11-18H2,1-2H3,(H,31,35)(H,32,34). The number of hydrogen-bond acceptors (Lipinski definition) is 6. The maximum atomic E-state index is 15.2. The second kappa shape index (κ2) is 14.9. The van der Waals surface area contributed by atoms with E-state index in [9.17, 15) is 14.7 Å². The Balaban J connectivity index is 1.72. The monoisotopic (exact) mass is 556 g/mol. The van der Waals surface area contributed by atoms with Crippen LogP contribution in [-0.2, 0) is 15.1 Å². The van der Waals surface area contributed by atoms with Crippen LogP contribution in [-0.4, -0.2) is 81.7 Å². The van der Waals surface area contributed by atoms with Gasteiger partial charge in [0.2, 0.25) is 0 Å². The van der Waals surface area contributed by atoms with E-state index in [2.05, 4.69) is 20.7 Å². The topological polar surface area (TPSA) is 112 Å². The number of likely N-dealkylation sites (tertiary alicyclic amines) is 1. The number of nitrogens with one attached hydrogen (secondary N) is 3. The molecule has 0 saturated carbocycles. The van der Waals surface area contributed by atoms with Gasteiger partial charge in [0.15, 0.2) is 0 Å². The number of halogens is 2. The number of urea groups is 1. The lowest BCUT2D eigenvalue weighted by Crippen LogP contribution is -2.54. The zero-order valence-corrected chi connectivity index (χ0v) is 23.2. The maximum absolute atomic E-state index is 15.2. The number of carbonyl (C=O) groups excluding carboxylic acids is 2. The lowest BCUT2D eigenvalue weighted by molar-refractivity contribution is -0.0576. The van der Waals surface area contributed by atoms with Gasteiger partial charge in [-0.05, 0) is 64.0 Å². The van der Waals surface area contributed by atoms with Crippen molar-refractivity contribution in [3.05, 3.63) is 34.6 Å². The molecular formula is C27H42ClFN4O5. The summed E-state index contributed by atoms with van der Waals surface area (Å²) >= 11 is 6.08. The SMILES string of the molecule is CNCC(CC1CCCOC1)NC(=O)N1CCCC(C(O)(CCCNC(=O)OC)c2cccc(Cl)c2F)C1. The molecular weight excluding hydrogens is 515 g/mol. The van der Waals surface area contributed by atoms with Gasteiger partial charge in [-0.15, -0.1) is 0 Å². The number of ether oxygens (including phenoxy) is 2. The minimum atomic E-state index is -1.57. The first-order valence-electron chi connectivity index (χ1n) is 13.5. The highest BCUT2D eigenvalue weighted by Gasteiger charge is 2.43. The first-order chi connectivity index (χ1) is 18.3. The van der Waals surface area contributed by atoms with Crippen LogP contribution in [0.3, 0.4) is 0 Å². The van der Waals surface area contributed by atoms with E-state index in [1.165, 1.54) is 13.2 Å². The Labute approximate surface area is 229 Å².